The molecule has 0 bridgehead atoms. The molecule has 19 heavy (non-hydrogen) atoms. The Balaban J connectivity index is 2.24. The lowest BCUT2D eigenvalue weighted by molar-refractivity contribution is 0.480. The third-order valence-corrected chi connectivity index (χ3v) is 3.82. The predicted octanol–water partition coefficient (Wildman–Crippen LogP) is 3.58. The molecule has 102 valence electrons. The summed E-state index contributed by atoms with van der Waals surface area (Å²) >= 11 is 3.24. The normalized spacial score (nSPS) is 10.8. The SMILES string of the molecule is Cc1ccc(CN(C)c2ccc(CN)c(Br)c2F)o1. The molecule has 0 unspecified atom stereocenters. The highest BCUT2D eigenvalue weighted by Gasteiger charge is 2.14. The molecule has 0 saturated carbocycles. The third kappa shape index (κ3) is 2.98. The molecule has 0 aliphatic rings. The van der Waals surface area contributed by atoms with Crippen molar-refractivity contribution >= 4 is 21.6 Å². The van der Waals surface area contributed by atoms with Crippen LogP contribution in [-0.2, 0) is 13.1 Å². The van der Waals surface area contributed by atoms with E-state index >= 15 is 0 Å². The standard InChI is InChI=1S/C14H16BrFN2O/c1-9-3-5-11(19-9)8-18(2)12-6-4-10(7-17)13(15)14(12)16/h3-6H,7-8,17H2,1-2H3. The van der Waals surface area contributed by atoms with Crippen LogP contribution in [0.4, 0.5) is 10.1 Å². The fourth-order valence-corrected chi connectivity index (χ4v) is 2.42. The van der Waals surface area contributed by atoms with Crippen molar-refractivity contribution in [3.8, 4) is 0 Å². The minimum absolute atomic E-state index is 0.297. The van der Waals surface area contributed by atoms with Crippen molar-refractivity contribution in [2.24, 2.45) is 5.73 Å². The van der Waals surface area contributed by atoms with Gasteiger partial charge in [0.15, 0.2) is 5.82 Å². The van der Waals surface area contributed by atoms with E-state index < -0.39 is 0 Å². The summed E-state index contributed by atoms with van der Waals surface area (Å²) in [6, 6.07) is 7.35. The Morgan fingerprint density at radius 2 is 2.05 bits per heavy atom. The highest BCUT2D eigenvalue weighted by atomic mass is 79.9. The molecule has 0 spiro atoms. The minimum Gasteiger partial charge on any atom is -0.464 e. The summed E-state index contributed by atoms with van der Waals surface area (Å²) in [4.78, 5) is 1.80. The highest BCUT2D eigenvalue weighted by molar-refractivity contribution is 9.10. The number of halogens is 2. The summed E-state index contributed by atoms with van der Waals surface area (Å²) in [7, 11) is 1.82. The molecular formula is C14H16BrFN2O. The van der Waals surface area contributed by atoms with Crippen LogP contribution in [-0.4, -0.2) is 7.05 Å². The van der Waals surface area contributed by atoms with E-state index in [1.807, 2.05) is 32.2 Å². The zero-order valence-electron chi connectivity index (χ0n) is 10.9. The summed E-state index contributed by atoms with van der Waals surface area (Å²) in [5.41, 5.74) is 6.81. The van der Waals surface area contributed by atoms with E-state index in [0.29, 0.717) is 23.2 Å². The Kier molecular flexibility index (Phi) is 4.27. The molecule has 1 aromatic carbocycles. The number of anilines is 1. The summed E-state index contributed by atoms with van der Waals surface area (Å²) in [6.07, 6.45) is 0. The molecule has 2 N–H and O–H groups in total. The number of benzene rings is 1. The molecule has 0 saturated heterocycles. The van der Waals surface area contributed by atoms with Crippen LogP contribution < -0.4 is 10.6 Å². The molecule has 0 aliphatic carbocycles. The van der Waals surface area contributed by atoms with Crippen LogP contribution in [0.1, 0.15) is 17.1 Å². The van der Waals surface area contributed by atoms with E-state index in [2.05, 4.69) is 15.9 Å². The maximum absolute atomic E-state index is 14.2. The van der Waals surface area contributed by atoms with Gasteiger partial charge in [-0.1, -0.05) is 6.07 Å². The van der Waals surface area contributed by atoms with Gasteiger partial charge in [0.1, 0.15) is 11.5 Å². The third-order valence-electron chi connectivity index (χ3n) is 2.96. The fourth-order valence-electron chi connectivity index (χ4n) is 1.92. The quantitative estimate of drug-likeness (QED) is 0.933. The number of hydrogen-bond donors (Lipinski definition) is 1. The second-order valence-corrected chi connectivity index (χ2v) is 5.24. The first-order valence-electron chi connectivity index (χ1n) is 5.96. The number of nitrogens with zero attached hydrogens (tertiary/aromatic N) is 1. The Bertz CT molecular complexity index is 583. The maximum atomic E-state index is 14.2. The lowest BCUT2D eigenvalue weighted by Gasteiger charge is -2.20. The highest BCUT2D eigenvalue weighted by Crippen LogP contribution is 2.29. The van der Waals surface area contributed by atoms with Crippen LogP contribution >= 0.6 is 15.9 Å². The zero-order valence-corrected chi connectivity index (χ0v) is 12.5. The molecule has 0 fully saturated rings. The maximum Gasteiger partial charge on any atom is 0.160 e. The molecule has 5 heteroatoms. The molecule has 3 nitrogen and oxygen atoms in total. The van der Waals surface area contributed by atoms with E-state index in [-0.39, 0.29) is 5.82 Å². The van der Waals surface area contributed by atoms with Crippen molar-refractivity contribution in [3.63, 3.8) is 0 Å². The largest absolute Gasteiger partial charge is 0.464 e. The van der Waals surface area contributed by atoms with Gasteiger partial charge >= 0.3 is 0 Å². The summed E-state index contributed by atoms with van der Waals surface area (Å²) < 4.78 is 20.2. The van der Waals surface area contributed by atoms with Crippen molar-refractivity contribution in [1.82, 2.24) is 0 Å². The van der Waals surface area contributed by atoms with Crippen LogP contribution in [0.2, 0.25) is 0 Å². The lowest BCUT2D eigenvalue weighted by atomic mass is 10.2. The van der Waals surface area contributed by atoms with Crippen LogP contribution in [0.3, 0.4) is 0 Å². The molecule has 0 amide bonds. The summed E-state index contributed by atoms with van der Waals surface area (Å²) in [6.45, 7) is 2.70. The van der Waals surface area contributed by atoms with Crippen molar-refractivity contribution in [3.05, 3.63) is 51.6 Å². The second kappa shape index (κ2) is 5.75. The van der Waals surface area contributed by atoms with E-state index in [0.717, 1.165) is 17.1 Å². The van der Waals surface area contributed by atoms with Gasteiger partial charge in [0.25, 0.3) is 0 Å². The van der Waals surface area contributed by atoms with Crippen molar-refractivity contribution in [2.45, 2.75) is 20.0 Å². The summed E-state index contributed by atoms with van der Waals surface area (Å²) in [5.74, 6) is 1.36. The number of furan rings is 1. The average Bonchev–Trinajstić information content (AvgIpc) is 2.78. The first-order valence-corrected chi connectivity index (χ1v) is 6.75. The Labute approximate surface area is 120 Å². The van der Waals surface area contributed by atoms with Crippen molar-refractivity contribution < 1.29 is 8.81 Å². The van der Waals surface area contributed by atoms with Gasteiger partial charge in [-0.2, -0.15) is 0 Å². The topological polar surface area (TPSA) is 42.4 Å². The van der Waals surface area contributed by atoms with Gasteiger partial charge in [-0.05, 0) is 46.6 Å². The van der Waals surface area contributed by atoms with E-state index in [4.69, 9.17) is 10.2 Å². The van der Waals surface area contributed by atoms with E-state index in [1.54, 1.807) is 11.0 Å². The van der Waals surface area contributed by atoms with Crippen LogP contribution in [0.25, 0.3) is 0 Å². The number of aryl methyl sites for hydroxylation is 1. The van der Waals surface area contributed by atoms with Crippen molar-refractivity contribution in [2.75, 3.05) is 11.9 Å². The Morgan fingerprint density at radius 1 is 1.32 bits per heavy atom. The van der Waals surface area contributed by atoms with Crippen LogP contribution in [0, 0.1) is 12.7 Å². The van der Waals surface area contributed by atoms with Gasteiger partial charge in [-0.25, -0.2) is 4.39 Å². The number of rotatable bonds is 4. The first-order chi connectivity index (χ1) is 9.02. The Morgan fingerprint density at radius 3 is 2.63 bits per heavy atom. The monoisotopic (exact) mass is 326 g/mol. The average molecular weight is 327 g/mol. The molecule has 0 radical (unpaired) electrons. The molecule has 1 aromatic heterocycles. The van der Waals surface area contributed by atoms with Crippen molar-refractivity contribution in [1.29, 1.82) is 0 Å². The van der Waals surface area contributed by atoms with Gasteiger partial charge in [-0.3, -0.25) is 0 Å². The number of nitrogens with two attached hydrogens (primary N) is 1. The molecule has 0 aliphatic heterocycles. The van der Waals surface area contributed by atoms with E-state index in [1.165, 1.54) is 0 Å². The Hall–Kier alpha value is -1.33. The van der Waals surface area contributed by atoms with Gasteiger partial charge < -0.3 is 15.1 Å². The van der Waals surface area contributed by atoms with Gasteiger partial charge in [0.05, 0.1) is 16.7 Å². The van der Waals surface area contributed by atoms with Gasteiger partial charge in [0.2, 0.25) is 0 Å². The predicted molar refractivity (Wildman–Crippen MR) is 77.5 cm³/mol. The van der Waals surface area contributed by atoms with Gasteiger partial charge in [0, 0.05) is 13.6 Å². The second-order valence-electron chi connectivity index (χ2n) is 4.44. The number of hydrogen-bond acceptors (Lipinski definition) is 3. The first kappa shape index (κ1) is 14.1. The van der Waals surface area contributed by atoms with E-state index in [9.17, 15) is 4.39 Å². The minimum atomic E-state index is -0.297. The molecule has 2 rings (SSSR count). The molecule has 1 heterocycles. The molecule has 0 atom stereocenters. The zero-order chi connectivity index (χ0) is 14.0. The molecule has 2 aromatic rings. The fraction of sp³-hybridized carbons (Fsp3) is 0.286. The smallest absolute Gasteiger partial charge is 0.160 e. The van der Waals surface area contributed by atoms with Crippen LogP contribution in [0.5, 0.6) is 0 Å². The van der Waals surface area contributed by atoms with Gasteiger partial charge in [-0.15, -0.1) is 0 Å². The van der Waals surface area contributed by atoms with Crippen LogP contribution in [0.15, 0.2) is 33.2 Å². The lowest BCUT2D eigenvalue weighted by Crippen LogP contribution is -2.18. The molecular weight excluding hydrogens is 311 g/mol. The summed E-state index contributed by atoms with van der Waals surface area (Å²) in [5, 5.41) is 0.